The second-order valence-corrected chi connectivity index (χ2v) is 5.86. The first kappa shape index (κ1) is 18.9. The van der Waals surface area contributed by atoms with E-state index in [4.69, 9.17) is 9.47 Å². The van der Waals surface area contributed by atoms with Gasteiger partial charge in [0, 0.05) is 12.1 Å². The number of hydrogen-bond acceptors (Lipinski definition) is 6. The molecule has 1 fully saturated rings. The van der Waals surface area contributed by atoms with Gasteiger partial charge in [0.1, 0.15) is 25.0 Å². The molecule has 138 valence electrons. The van der Waals surface area contributed by atoms with E-state index < -0.39 is 11.0 Å². The van der Waals surface area contributed by atoms with Crippen molar-refractivity contribution in [3.63, 3.8) is 0 Å². The Hall–Kier alpha value is -2.39. The van der Waals surface area contributed by atoms with E-state index in [-0.39, 0.29) is 18.4 Å². The molecule has 1 atom stereocenters. The van der Waals surface area contributed by atoms with E-state index in [2.05, 4.69) is 0 Å². The van der Waals surface area contributed by atoms with Gasteiger partial charge in [0.15, 0.2) is 0 Å². The summed E-state index contributed by atoms with van der Waals surface area (Å²) >= 11 is 0. The summed E-state index contributed by atoms with van der Waals surface area (Å²) in [5.74, 6) is 0.479. The number of nitrogens with one attached hydrogen (secondary N) is 1. The van der Waals surface area contributed by atoms with Gasteiger partial charge < -0.3 is 19.5 Å². The van der Waals surface area contributed by atoms with Crippen molar-refractivity contribution in [3.05, 3.63) is 34.4 Å². The molecule has 1 aliphatic heterocycles. The molecule has 0 bridgehead atoms. The maximum atomic E-state index is 11.6. The molecular weight excluding hydrogens is 330 g/mol. The van der Waals surface area contributed by atoms with Gasteiger partial charge in [-0.1, -0.05) is 0 Å². The Bertz CT molecular complexity index is 572. The Morgan fingerprint density at radius 3 is 2.56 bits per heavy atom. The van der Waals surface area contributed by atoms with Crippen LogP contribution in [0.3, 0.4) is 0 Å². The lowest BCUT2D eigenvalue weighted by Crippen LogP contribution is -3.16. The molecule has 0 aromatic heterocycles. The van der Waals surface area contributed by atoms with Crippen LogP contribution in [0.25, 0.3) is 0 Å². The second-order valence-electron chi connectivity index (χ2n) is 5.86. The van der Waals surface area contributed by atoms with Gasteiger partial charge >= 0.3 is 6.09 Å². The first-order chi connectivity index (χ1) is 12.0. The number of benzene rings is 1. The number of piperazine rings is 1. The molecule has 9 heteroatoms. The van der Waals surface area contributed by atoms with Crippen molar-refractivity contribution in [1.29, 1.82) is 0 Å². The molecule has 1 amide bonds. The molecule has 2 N–H and O–H groups in total. The number of rotatable bonds is 7. The molecule has 0 aliphatic carbocycles. The fourth-order valence-corrected chi connectivity index (χ4v) is 2.67. The van der Waals surface area contributed by atoms with Gasteiger partial charge in [-0.2, -0.15) is 0 Å². The number of aliphatic hydroxyl groups excluding tert-OH is 1. The predicted octanol–water partition coefficient (Wildman–Crippen LogP) is -0.308. The summed E-state index contributed by atoms with van der Waals surface area (Å²) in [7, 11) is 0. The zero-order valence-electron chi connectivity index (χ0n) is 14.2. The van der Waals surface area contributed by atoms with Gasteiger partial charge in [0.2, 0.25) is 0 Å². The van der Waals surface area contributed by atoms with Crippen molar-refractivity contribution < 1.29 is 29.2 Å². The number of amides is 1. The summed E-state index contributed by atoms with van der Waals surface area (Å²) in [6.45, 7) is 5.47. The standard InChI is InChI=1S/C16H23N3O6/c1-2-24-16(21)18-9-7-17(8-10-18)11-14(20)12-25-15-5-3-13(4-6-15)19(22)23/h3-6,14,20H,2,7-12H2,1H3/p+1/t14-/m0/s1. The summed E-state index contributed by atoms with van der Waals surface area (Å²) < 4.78 is 10.4. The van der Waals surface area contributed by atoms with E-state index in [9.17, 15) is 20.0 Å². The Kier molecular flexibility index (Phi) is 6.96. The largest absolute Gasteiger partial charge is 0.491 e. The number of nitrogens with zero attached hydrogens (tertiary/aromatic N) is 2. The molecule has 0 spiro atoms. The average Bonchev–Trinajstić information content (AvgIpc) is 2.61. The molecule has 1 saturated heterocycles. The summed E-state index contributed by atoms with van der Waals surface area (Å²) in [6.07, 6.45) is -0.942. The van der Waals surface area contributed by atoms with Crippen LogP contribution in [-0.4, -0.2) is 73.1 Å². The summed E-state index contributed by atoms with van der Waals surface area (Å²) in [4.78, 5) is 24.6. The molecule has 1 aromatic rings. The highest BCUT2D eigenvalue weighted by Crippen LogP contribution is 2.17. The van der Waals surface area contributed by atoms with Crippen LogP contribution < -0.4 is 9.64 Å². The lowest BCUT2D eigenvalue weighted by atomic mass is 10.2. The van der Waals surface area contributed by atoms with Crippen LogP contribution in [0.1, 0.15) is 6.92 Å². The number of nitro groups is 1. The minimum absolute atomic E-state index is 0.00295. The Morgan fingerprint density at radius 2 is 2.00 bits per heavy atom. The van der Waals surface area contributed by atoms with Crippen molar-refractivity contribution >= 4 is 11.8 Å². The minimum atomic E-state index is -0.653. The smallest absolute Gasteiger partial charge is 0.410 e. The highest BCUT2D eigenvalue weighted by atomic mass is 16.6. The Labute approximate surface area is 145 Å². The third-order valence-corrected chi connectivity index (χ3v) is 4.01. The van der Waals surface area contributed by atoms with Crippen molar-refractivity contribution in [2.75, 3.05) is 45.9 Å². The molecule has 1 heterocycles. The van der Waals surface area contributed by atoms with Crippen LogP contribution in [0.4, 0.5) is 10.5 Å². The predicted molar refractivity (Wildman–Crippen MR) is 88.8 cm³/mol. The molecule has 1 aromatic carbocycles. The van der Waals surface area contributed by atoms with E-state index >= 15 is 0 Å². The summed E-state index contributed by atoms with van der Waals surface area (Å²) in [5.41, 5.74) is -0.00295. The zero-order chi connectivity index (χ0) is 18.2. The van der Waals surface area contributed by atoms with Gasteiger partial charge in [-0.15, -0.1) is 0 Å². The van der Waals surface area contributed by atoms with Gasteiger partial charge in [0.05, 0.1) is 37.7 Å². The van der Waals surface area contributed by atoms with Crippen LogP contribution in [0, 0.1) is 10.1 Å². The fourth-order valence-electron chi connectivity index (χ4n) is 2.67. The van der Waals surface area contributed by atoms with Crippen molar-refractivity contribution in [3.8, 4) is 5.75 Å². The highest BCUT2D eigenvalue weighted by molar-refractivity contribution is 5.67. The molecule has 25 heavy (non-hydrogen) atoms. The van der Waals surface area contributed by atoms with Crippen molar-refractivity contribution in [2.24, 2.45) is 0 Å². The fraction of sp³-hybridized carbons (Fsp3) is 0.562. The first-order valence-corrected chi connectivity index (χ1v) is 8.30. The number of nitro benzene ring substituents is 1. The lowest BCUT2D eigenvalue weighted by Gasteiger charge is -2.32. The van der Waals surface area contributed by atoms with E-state index in [0.717, 1.165) is 13.1 Å². The molecule has 1 aliphatic rings. The number of carbonyl (C=O) groups is 1. The van der Waals surface area contributed by atoms with Crippen LogP contribution in [0.2, 0.25) is 0 Å². The van der Waals surface area contributed by atoms with Crippen molar-refractivity contribution in [2.45, 2.75) is 13.0 Å². The normalized spacial score (nSPS) is 16.3. The van der Waals surface area contributed by atoms with E-state index in [1.165, 1.54) is 29.2 Å². The zero-order valence-corrected chi connectivity index (χ0v) is 14.2. The number of non-ortho nitro benzene ring substituents is 1. The molecule has 0 radical (unpaired) electrons. The second kappa shape index (κ2) is 9.19. The van der Waals surface area contributed by atoms with Crippen LogP contribution in [-0.2, 0) is 4.74 Å². The molecule has 9 nitrogen and oxygen atoms in total. The van der Waals surface area contributed by atoms with E-state index in [1.807, 2.05) is 0 Å². The molecule has 2 rings (SSSR count). The van der Waals surface area contributed by atoms with Crippen LogP contribution >= 0.6 is 0 Å². The van der Waals surface area contributed by atoms with Gasteiger partial charge in [-0.25, -0.2) is 4.79 Å². The number of carbonyl (C=O) groups excluding carboxylic acids is 1. The van der Waals surface area contributed by atoms with Crippen molar-refractivity contribution in [1.82, 2.24) is 4.90 Å². The van der Waals surface area contributed by atoms with Crippen LogP contribution in [0.5, 0.6) is 5.75 Å². The van der Waals surface area contributed by atoms with E-state index in [0.29, 0.717) is 32.0 Å². The third kappa shape index (κ3) is 5.87. The quantitative estimate of drug-likeness (QED) is 0.514. The minimum Gasteiger partial charge on any atom is -0.491 e. The van der Waals surface area contributed by atoms with Crippen LogP contribution in [0.15, 0.2) is 24.3 Å². The molecule has 0 saturated carbocycles. The van der Waals surface area contributed by atoms with E-state index in [1.54, 1.807) is 11.8 Å². The summed E-state index contributed by atoms with van der Waals surface area (Å²) in [6, 6.07) is 5.74. The number of ether oxygens (including phenoxy) is 2. The van der Waals surface area contributed by atoms with Gasteiger partial charge in [-0.05, 0) is 19.1 Å². The maximum absolute atomic E-state index is 11.6. The average molecular weight is 354 g/mol. The number of aliphatic hydroxyl groups is 1. The third-order valence-electron chi connectivity index (χ3n) is 4.01. The number of hydrogen-bond donors (Lipinski definition) is 2. The Balaban J connectivity index is 1.69. The lowest BCUT2D eigenvalue weighted by molar-refractivity contribution is -0.907. The highest BCUT2D eigenvalue weighted by Gasteiger charge is 2.26. The molecule has 0 unspecified atom stereocenters. The first-order valence-electron chi connectivity index (χ1n) is 8.30. The maximum Gasteiger partial charge on any atom is 0.410 e. The number of quaternary nitrogens is 1. The topological polar surface area (TPSA) is 107 Å². The Morgan fingerprint density at radius 1 is 1.36 bits per heavy atom. The SMILES string of the molecule is CCOC(=O)N1CC[NH+](C[C@H](O)COc2ccc([N+](=O)[O-])cc2)CC1. The monoisotopic (exact) mass is 354 g/mol. The van der Waals surface area contributed by atoms with Gasteiger partial charge in [-0.3, -0.25) is 15.0 Å². The van der Waals surface area contributed by atoms with Gasteiger partial charge in [0.25, 0.3) is 5.69 Å². The molecular formula is C16H24N3O6+. The summed E-state index contributed by atoms with van der Waals surface area (Å²) in [5, 5.41) is 20.7.